The average molecular weight is 427 g/mol. The van der Waals surface area contributed by atoms with E-state index in [9.17, 15) is 9.90 Å². The molecule has 0 aliphatic heterocycles. The van der Waals surface area contributed by atoms with Gasteiger partial charge in [-0.3, -0.25) is 9.48 Å². The molecule has 2 aromatic heterocycles. The molecule has 0 amide bonds. The highest BCUT2D eigenvalue weighted by atomic mass is 79.9. The van der Waals surface area contributed by atoms with Crippen LogP contribution >= 0.6 is 15.9 Å². The molecule has 7 heteroatoms. The number of rotatable bonds is 4. The maximum Gasteiger partial charge on any atom is 0.255 e. The van der Waals surface area contributed by atoms with E-state index in [0.29, 0.717) is 17.7 Å². The number of benzene rings is 2. The zero-order valence-electron chi connectivity index (χ0n) is 14.3. The van der Waals surface area contributed by atoms with E-state index < -0.39 is 11.2 Å². The first kappa shape index (κ1) is 17.4. The van der Waals surface area contributed by atoms with Gasteiger partial charge in [-0.25, -0.2) is 0 Å². The molecule has 0 saturated heterocycles. The largest absolute Gasteiger partial charge is 0.501 e. The summed E-state index contributed by atoms with van der Waals surface area (Å²) >= 11 is 3.36. The van der Waals surface area contributed by atoms with Gasteiger partial charge >= 0.3 is 0 Å². The highest BCUT2D eigenvalue weighted by Gasteiger charge is 2.18. The number of hydrogen-bond donors (Lipinski definition) is 1. The van der Waals surface area contributed by atoms with Crippen LogP contribution in [0.4, 0.5) is 0 Å². The highest BCUT2D eigenvalue weighted by Crippen LogP contribution is 2.30. The van der Waals surface area contributed by atoms with Crippen LogP contribution in [0.15, 0.2) is 68.4 Å². The number of nitrogens with zero attached hydrogens (tertiary/aromatic N) is 2. The van der Waals surface area contributed by atoms with Crippen molar-refractivity contribution in [1.82, 2.24) is 9.78 Å². The van der Waals surface area contributed by atoms with Gasteiger partial charge in [0.25, 0.3) is 5.43 Å². The molecule has 0 aliphatic carbocycles. The summed E-state index contributed by atoms with van der Waals surface area (Å²) in [5.41, 5.74) is 1.47. The van der Waals surface area contributed by atoms with E-state index in [4.69, 9.17) is 9.15 Å². The lowest BCUT2D eigenvalue weighted by Gasteiger charge is -2.03. The second kappa shape index (κ2) is 6.92. The molecule has 0 unspecified atom stereocenters. The van der Waals surface area contributed by atoms with Gasteiger partial charge in [0.15, 0.2) is 16.9 Å². The molecule has 0 saturated carbocycles. The zero-order valence-corrected chi connectivity index (χ0v) is 15.9. The van der Waals surface area contributed by atoms with Crippen molar-refractivity contribution in [3.63, 3.8) is 0 Å². The van der Waals surface area contributed by atoms with Crippen LogP contribution in [0.5, 0.6) is 11.5 Å². The highest BCUT2D eigenvalue weighted by molar-refractivity contribution is 9.10. The fourth-order valence-electron chi connectivity index (χ4n) is 2.80. The number of aromatic nitrogens is 2. The number of halogens is 1. The van der Waals surface area contributed by atoms with Crippen molar-refractivity contribution in [2.24, 2.45) is 0 Å². The molecule has 2 heterocycles. The second-order valence-corrected chi connectivity index (χ2v) is 6.92. The Balaban J connectivity index is 1.74. The van der Waals surface area contributed by atoms with E-state index in [2.05, 4.69) is 21.0 Å². The number of methoxy groups -OCH3 is 1. The second-order valence-electron chi connectivity index (χ2n) is 6.00. The third-order valence-electron chi connectivity index (χ3n) is 4.20. The Bertz CT molecular complexity index is 1160. The van der Waals surface area contributed by atoms with Crippen LogP contribution in [0.1, 0.15) is 5.56 Å². The monoisotopic (exact) mass is 426 g/mol. The van der Waals surface area contributed by atoms with Crippen molar-refractivity contribution >= 4 is 27.0 Å². The van der Waals surface area contributed by atoms with Gasteiger partial charge in [0.05, 0.1) is 19.9 Å². The van der Waals surface area contributed by atoms with E-state index in [1.165, 1.54) is 0 Å². The number of ether oxygens (including phenoxy) is 1. The van der Waals surface area contributed by atoms with E-state index in [0.717, 1.165) is 15.8 Å². The van der Waals surface area contributed by atoms with E-state index >= 15 is 0 Å². The molecule has 6 nitrogen and oxygen atoms in total. The third-order valence-corrected chi connectivity index (χ3v) is 4.72. The minimum absolute atomic E-state index is 0.0990. The van der Waals surface area contributed by atoms with Gasteiger partial charge in [-0.05, 0) is 42.0 Å². The molecule has 0 aliphatic rings. The van der Waals surface area contributed by atoms with E-state index in [1.807, 2.05) is 36.4 Å². The van der Waals surface area contributed by atoms with E-state index in [-0.39, 0.29) is 11.3 Å². The van der Waals surface area contributed by atoms with Crippen molar-refractivity contribution in [1.29, 1.82) is 0 Å². The molecule has 0 fully saturated rings. The van der Waals surface area contributed by atoms with Gasteiger partial charge in [-0.15, -0.1) is 0 Å². The van der Waals surface area contributed by atoms with Crippen molar-refractivity contribution in [3.05, 3.63) is 75.0 Å². The molecule has 27 heavy (non-hydrogen) atoms. The first-order valence-electron chi connectivity index (χ1n) is 8.17. The quantitative estimate of drug-likeness (QED) is 0.529. The summed E-state index contributed by atoms with van der Waals surface area (Å²) in [6.45, 7) is 0.460. The Morgan fingerprint density at radius 1 is 1.15 bits per heavy atom. The van der Waals surface area contributed by atoms with Gasteiger partial charge in [0, 0.05) is 10.0 Å². The van der Waals surface area contributed by atoms with Crippen molar-refractivity contribution in [3.8, 4) is 22.8 Å². The topological polar surface area (TPSA) is 77.5 Å². The first-order chi connectivity index (χ1) is 13.0. The lowest BCUT2D eigenvalue weighted by atomic mass is 10.1. The van der Waals surface area contributed by atoms with E-state index in [1.54, 1.807) is 30.1 Å². The van der Waals surface area contributed by atoms with Crippen molar-refractivity contribution in [2.75, 3.05) is 7.11 Å². The summed E-state index contributed by atoms with van der Waals surface area (Å²) in [4.78, 5) is 12.5. The standard InChI is InChI=1S/C20H15BrN2O4/c1-26-15-8-2-12(3-9-15)10-23-11-16-17(22-23)18(24)19(25)20(27-16)13-4-6-14(21)7-5-13/h2-9,11,25H,10H2,1H3. The average Bonchev–Trinajstić information content (AvgIpc) is 3.09. The van der Waals surface area contributed by atoms with Gasteiger partial charge in [0.1, 0.15) is 5.75 Å². The summed E-state index contributed by atoms with van der Waals surface area (Å²) in [6.07, 6.45) is 1.66. The Morgan fingerprint density at radius 3 is 2.52 bits per heavy atom. The van der Waals surface area contributed by atoms with Crippen LogP contribution in [-0.4, -0.2) is 22.0 Å². The van der Waals surface area contributed by atoms with Crippen molar-refractivity contribution in [2.45, 2.75) is 6.54 Å². The Morgan fingerprint density at radius 2 is 1.85 bits per heavy atom. The smallest absolute Gasteiger partial charge is 0.255 e. The molecule has 4 aromatic rings. The fourth-order valence-corrected chi connectivity index (χ4v) is 3.07. The molecular weight excluding hydrogens is 412 g/mol. The van der Waals surface area contributed by atoms with Crippen LogP contribution in [0, 0.1) is 0 Å². The van der Waals surface area contributed by atoms with Crippen LogP contribution in [0.25, 0.3) is 22.4 Å². The Kier molecular flexibility index (Phi) is 4.45. The van der Waals surface area contributed by atoms with Gasteiger partial charge < -0.3 is 14.3 Å². The predicted octanol–water partition coefficient (Wildman–Crippen LogP) is 4.18. The lowest BCUT2D eigenvalue weighted by Crippen LogP contribution is -2.04. The maximum atomic E-state index is 12.5. The number of aromatic hydroxyl groups is 1. The SMILES string of the molecule is COc1ccc(Cn2cc3oc(-c4ccc(Br)cc4)c(O)c(=O)c3n2)cc1. The minimum Gasteiger partial charge on any atom is -0.501 e. The zero-order chi connectivity index (χ0) is 19.0. The molecular formula is C20H15BrN2O4. The third kappa shape index (κ3) is 3.33. The lowest BCUT2D eigenvalue weighted by molar-refractivity contribution is 0.414. The van der Waals surface area contributed by atoms with Crippen LogP contribution in [-0.2, 0) is 6.54 Å². The molecule has 0 bridgehead atoms. The van der Waals surface area contributed by atoms with Crippen molar-refractivity contribution < 1.29 is 14.3 Å². The predicted molar refractivity (Wildman–Crippen MR) is 105 cm³/mol. The first-order valence-corrected chi connectivity index (χ1v) is 8.96. The van der Waals surface area contributed by atoms with Crippen LogP contribution < -0.4 is 10.2 Å². The summed E-state index contributed by atoms with van der Waals surface area (Å²) in [5, 5.41) is 14.6. The minimum atomic E-state index is -0.553. The summed E-state index contributed by atoms with van der Waals surface area (Å²) in [7, 11) is 1.61. The Hall–Kier alpha value is -3.06. The maximum absolute atomic E-state index is 12.5. The van der Waals surface area contributed by atoms with Gasteiger partial charge in [-0.1, -0.05) is 28.1 Å². The van der Waals surface area contributed by atoms with Crippen LogP contribution in [0.2, 0.25) is 0 Å². The molecule has 136 valence electrons. The number of hydrogen-bond acceptors (Lipinski definition) is 5. The summed E-state index contributed by atoms with van der Waals surface area (Å²) in [6, 6.07) is 14.7. The molecule has 0 radical (unpaired) electrons. The summed E-state index contributed by atoms with van der Waals surface area (Å²) in [5.74, 6) is 0.453. The Labute approximate surface area is 162 Å². The van der Waals surface area contributed by atoms with Crippen LogP contribution in [0.3, 0.4) is 0 Å². The molecule has 0 atom stereocenters. The number of fused-ring (bicyclic) bond motifs is 1. The molecule has 4 rings (SSSR count). The normalized spacial score (nSPS) is 11.0. The molecule has 2 aromatic carbocycles. The summed E-state index contributed by atoms with van der Waals surface area (Å²) < 4.78 is 13.4. The van der Waals surface area contributed by atoms with Gasteiger partial charge in [-0.2, -0.15) is 5.10 Å². The fraction of sp³-hybridized carbons (Fsp3) is 0.100. The van der Waals surface area contributed by atoms with Gasteiger partial charge in [0.2, 0.25) is 5.75 Å². The molecule has 1 N–H and O–H groups in total. The molecule has 0 spiro atoms.